The van der Waals surface area contributed by atoms with Gasteiger partial charge in [0.25, 0.3) is 5.56 Å². The lowest BCUT2D eigenvalue weighted by atomic mass is 9.89. The number of nitrogens with zero attached hydrogens (tertiary/aromatic N) is 3. The SMILES string of the molecule is Cc1ncn(CC(=O)N2CCC3(CC(=O)c4ccccc4O3)C2)c(=O)c1C. The van der Waals surface area contributed by atoms with Crippen LogP contribution in [0.1, 0.15) is 34.5 Å². The Bertz CT molecular complexity index is 997. The summed E-state index contributed by atoms with van der Waals surface area (Å²) in [4.78, 5) is 43.3. The summed E-state index contributed by atoms with van der Waals surface area (Å²) < 4.78 is 7.48. The van der Waals surface area contributed by atoms with Gasteiger partial charge in [-0.3, -0.25) is 19.0 Å². The lowest BCUT2D eigenvalue weighted by Crippen LogP contribution is -2.46. The van der Waals surface area contributed by atoms with Crippen LogP contribution in [-0.2, 0) is 11.3 Å². The number of hydrogen-bond donors (Lipinski definition) is 0. The predicted octanol–water partition coefficient (Wildman–Crippen LogP) is 1.50. The van der Waals surface area contributed by atoms with E-state index in [1.807, 2.05) is 12.1 Å². The zero-order valence-electron chi connectivity index (χ0n) is 15.4. The minimum atomic E-state index is -0.673. The Kier molecular flexibility index (Phi) is 4.09. The Morgan fingerprint density at radius 1 is 1.26 bits per heavy atom. The van der Waals surface area contributed by atoms with Crippen LogP contribution in [0.4, 0.5) is 0 Å². The number of carbonyl (C=O) groups excluding carboxylic acids is 2. The Balaban J connectivity index is 1.50. The van der Waals surface area contributed by atoms with Crippen LogP contribution in [0, 0.1) is 13.8 Å². The molecule has 2 aliphatic heterocycles. The lowest BCUT2D eigenvalue weighted by Gasteiger charge is -2.34. The fraction of sp³-hybridized carbons (Fsp3) is 0.400. The number of benzene rings is 1. The highest BCUT2D eigenvalue weighted by molar-refractivity contribution is 6.00. The first-order valence-electron chi connectivity index (χ1n) is 9.00. The standard InChI is InChI=1S/C20H21N3O4/c1-13-14(2)21-12-23(19(13)26)10-18(25)22-8-7-20(11-22)9-16(24)15-5-3-4-6-17(15)27-20/h3-6,12H,7-11H2,1-2H3. The molecule has 1 spiro atoms. The second-order valence-electron chi connectivity index (χ2n) is 7.33. The third-order valence-corrected chi connectivity index (χ3v) is 5.49. The fourth-order valence-electron chi connectivity index (χ4n) is 3.76. The molecule has 1 unspecified atom stereocenters. The van der Waals surface area contributed by atoms with E-state index in [0.717, 1.165) is 0 Å². The molecule has 3 heterocycles. The third kappa shape index (κ3) is 3.03. The van der Waals surface area contributed by atoms with Crippen molar-refractivity contribution in [2.24, 2.45) is 0 Å². The smallest absolute Gasteiger partial charge is 0.256 e. The minimum absolute atomic E-state index is 0.0423. The molecule has 1 atom stereocenters. The molecule has 1 fully saturated rings. The normalized spacial score (nSPS) is 21.3. The molecule has 4 rings (SSSR count). The molecule has 2 aliphatic rings. The van der Waals surface area contributed by atoms with Crippen LogP contribution < -0.4 is 10.3 Å². The molecule has 0 bridgehead atoms. The Morgan fingerprint density at radius 2 is 2.04 bits per heavy atom. The van der Waals surface area contributed by atoms with Crippen LogP contribution in [0.3, 0.4) is 0 Å². The highest BCUT2D eigenvalue weighted by Gasteiger charge is 2.46. The van der Waals surface area contributed by atoms with Gasteiger partial charge in [-0.2, -0.15) is 0 Å². The number of fused-ring (bicyclic) bond motifs is 1. The van der Waals surface area contributed by atoms with Crippen LogP contribution >= 0.6 is 0 Å². The van der Waals surface area contributed by atoms with Gasteiger partial charge in [-0.1, -0.05) is 12.1 Å². The summed E-state index contributed by atoms with van der Waals surface area (Å²) in [5.74, 6) is 0.451. The van der Waals surface area contributed by atoms with E-state index in [4.69, 9.17) is 4.74 Å². The van der Waals surface area contributed by atoms with Crippen LogP contribution in [0.25, 0.3) is 0 Å². The zero-order chi connectivity index (χ0) is 19.2. The summed E-state index contributed by atoms with van der Waals surface area (Å²) in [6.45, 7) is 4.26. The van der Waals surface area contributed by atoms with Gasteiger partial charge in [-0.15, -0.1) is 0 Å². The van der Waals surface area contributed by atoms with Crippen LogP contribution in [0.2, 0.25) is 0 Å². The van der Waals surface area contributed by atoms with Crippen molar-refractivity contribution in [1.82, 2.24) is 14.5 Å². The van der Waals surface area contributed by atoms with Gasteiger partial charge in [0.05, 0.1) is 24.9 Å². The van der Waals surface area contributed by atoms with Crippen LogP contribution in [-0.4, -0.2) is 44.8 Å². The number of ketones is 1. The molecule has 1 amide bonds. The van der Waals surface area contributed by atoms with Crippen molar-refractivity contribution in [1.29, 1.82) is 0 Å². The number of Topliss-reactive ketones (excluding diaryl/α,β-unsaturated/α-hetero) is 1. The van der Waals surface area contributed by atoms with E-state index in [2.05, 4.69) is 4.98 Å². The average Bonchev–Trinajstić information content (AvgIpc) is 3.05. The number of ether oxygens (including phenoxy) is 1. The average molecular weight is 367 g/mol. The third-order valence-electron chi connectivity index (χ3n) is 5.49. The number of para-hydroxylation sites is 1. The van der Waals surface area contributed by atoms with Crippen molar-refractivity contribution in [2.75, 3.05) is 13.1 Å². The van der Waals surface area contributed by atoms with Crippen molar-refractivity contribution in [2.45, 2.75) is 38.8 Å². The van der Waals surface area contributed by atoms with Gasteiger partial charge in [0.15, 0.2) is 5.78 Å². The Labute approximate surface area is 156 Å². The van der Waals surface area contributed by atoms with Crippen LogP contribution in [0.15, 0.2) is 35.4 Å². The number of aryl methyl sites for hydroxylation is 1. The van der Waals surface area contributed by atoms with Crippen molar-refractivity contribution in [3.05, 3.63) is 57.8 Å². The van der Waals surface area contributed by atoms with E-state index in [1.54, 1.807) is 30.9 Å². The minimum Gasteiger partial charge on any atom is -0.484 e. The first kappa shape index (κ1) is 17.5. The van der Waals surface area contributed by atoms with E-state index >= 15 is 0 Å². The number of hydrogen-bond acceptors (Lipinski definition) is 5. The first-order valence-corrected chi connectivity index (χ1v) is 9.00. The second-order valence-corrected chi connectivity index (χ2v) is 7.33. The molecule has 0 aliphatic carbocycles. The first-order chi connectivity index (χ1) is 12.9. The van der Waals surface area contributed by atoms with E-state index in [1.165, 1.54) is 10.9 Å². The zero-order valence-corrected chi connectivity index (χ0v) is 15.4. The van der Waals surface area contributed by atoms with E-state index < -0.39 is 5.60 Å². The molecule has 140 valence electrons. The summed E-state index contributed by atoms with van der Waals surface area (Å²) in [6.07, 6.45) is 2.27. The maximum Gasteiger partial charge on any atom is 0.256 e. The lowest BCUT2D eigenvalue weighted by molar-refractivity contribution is -0.131. The van der Waals surface area contributed by atoms with Gasteiger partial charge in [0, 0.05) is 24.2 Å². The van der Waals surface area contributed by atoms with Gasteiger partial charge in [-0.25, -0.2) is 4.98 Å². The van der Waals surface area contributed by atoms with Gasteiger partial charge in [0.2, 0.25) is 5.91 Å². The number of aromatic nitrogens is 2. The van der Waals surface area contributed by atoms with E-state index in [9.17, 15) is 14.4 Å². The number of carbonyl (C=O) groups is 2. The molecule has 1 aromatic carbocycles. The molecule has 1 aromatic heterocycles. The number of rotatable bonds is 2. The summed E-state index contributed by atoms with van der Waals surface area (Å²) in [5.41, 5.74) is 0.925. The second kappa shape index (κ2) is 6.33. The highest BCUT2D eigenvalue weighted by Crippen LogP contribution is 2.38. The van der Waals surface area contributed by atoms with Crippen LogP contribution in [0.5, 0.6) is 5.75 Å². The van der Waals surface area contributed by atoms with E-state index in [-0.39, 0.29) is 30.2 Å². The Morgan fingerprint density at radius 3 is 2.85 bits per heavy atom. The predicted molar refractivity (Wildman–Crippen MR) is 97.9 cm³/mol. The molecule has 0 radical (unpaired) electrons. The van der Waals surface area contributed by atoms with Crippen molar-refractivity contribution in [3.63, 3.8) is 0 Å². The largest absolute Gasteiger partial charge is 0.484 e. The molecule has 7 heteroatoms. The molecule has 1 saturated heterocycles. The topological polar surface area (TPSA) is 81.5 Å². The molecular formula is C20H21N3O4. The molecule has 0 N–H and O–H groups in total. The van der Waals surface area contributed by atoms with Crippen molar-refractivity contribution in [3.8, 4) is 5.75 Å². The summed E-state index contributed by atoms with van der Waals surface area (Å²) in [7, 11) is 0. The van der Waals surface area contributed by atoms with Gasteiger partial charge in [0.1, 0.15) is 17.9 Å². The molecule has 2 aromatic rings. The quantitative estimate of drug-likeness (QED) is 0.803. The Hall–Kier alpha value is -2.96. The monoisotopic (exact) mass is 367 g/mol. The van der Waals surface area contributed by atoms with Crippen molar-refractivity contribution < 1.29 is 14.3 Å². The number of amides is 1. The highest BCUT2D eigenvalue weighted by atomic mass is 16.5. The summed E-state index contributed by atoms with van der Waals surface area (Å²) in [6, 6.07) is 7.21. The van der Waals surface area contributed by atoms with E-state index in [0.29, 0.717) is 42.1 Å². The molecule has 27 heavy (non-hydrogen) atoms. The van der Waals surface area contributed by atoms with Crippen molar-refractivity contribution >= 4 is 11.7 Å². The molecular weight excluding hydrogens is 346 g/mol. The fourth-order valence-corrected chi connectivity index (χ4v) is 3.76. The van der Waals surface area contributed by atoms with Gasteiger partial charge < -0.3 is 9.64 Å². The number of likely N-dealkylation sites (tertiary alicyclic amines) is 1. The molecule has 0 saturated carbocycles. The summed E-state index contributed by atoms with van der Waals surface area (Å²) >= 11 is 0. The van der Waals surface area contributed by atoms with Gasteiger partial charge >= 0.3 is 0 Å². The summed E-state index contributed by atoms with van der Waals surface area (Å²) in [5, 5.41) is 0. The maximum absolute atomic E-state index is 12.7. The molecule has 7 nitrogen and oxygen atoms in total. The maximum atomic E-state index is 12.7. The van der Waals surface area contributed by atoms with Gasteiger partial charge in [-0.05, 0) is 26.0 Å².